The number of carbonyl (C=O) groups excluding carboxylic acids is 2. The second-order valence-corrected chi connectivity index (χ2v) is 7.00. The lowest BCUT2D eigenvalue weighted by molar-refractivity contribution is -0.312. The van der Waals surface area contributed by atoms with Crippen molar-refractivity contribution in [3.8, 4) is 5.75 Å². The van der Waals surface area contributed by atoms with Crippen LogP contribution in [0.3, 0.4) is 0 Å². The van der Waals surface area contributed by atoms with Crippen LogP contribution in [-0.2, 0) is 16.0 Å². The molecule has 0 radical (unpaired) electrons. The van der Waals surface area contributed by atoms with Crippen molar-refractivity contribution in [3.05, 3.63) is 39.2 Å². The number of amides is 1. The van der Waals surface area contributed by atoms with Gasteiger partial charge in [0.1, 0.15) is 11.3 Å². The summed E-state index contributed by atoms with van der Waals surface area (Å²) in [6, 6.07) is 2.32. The molecule has 1 saturated heterocycles. The Bertz CT molecular complexity index is 961. The fourth-order valence-electron chi connectivity index (χ4n) is 3.72. The molecular formula is C20H22NO6-. The summed E-state index contributed by atoms with van der Waals surface area (Å²) >= 11 is 0. The molecule has 0 bridgehead atoms. The van der Waals surface area contributed by atoms with Crippen LogP contribution in [0.25, 0.3) is 11.0 Å². The number of carboxylic acids is 1. The highest BCUT2D eigenvalue weighted by atomic mass is 16.4. The van der Waals surface area contributed by atoms with Crippen molar-refractivity contribution in [3.63, 3.8) is 0 Å². The number of phenols is 1. The number of phenolic OH excluding ortho intramolecular Hbond substituents is 1. The minimum absolute atomic E-state index is 0.0257. The molecule has 1 amide bonds. The lowest BCUT2D eigenvalue weighted by Crippen LogP contribution is -2.52. The average molecular weight is 372 g/mol. The molecule has 1 aromatic heterocycles. The zero-order valence-electron chi connectivity index (χ0n) is 15.4. The normalized spacial score (nSPS) is 17.3. The zero-order valence-corrected chi connectivity index (χ0v) is 15.4. The fourth-order valence-corrected chi connectivity index (χ4v) is 3.72. The molecule has 0 saturated carbocycles. The first kappa shape index (κ1) is 18.9. The summed E-state index contributed by atoms with van der Waals surface area (Å²) in [5.74, 6) is -1.49. The van der Waals surface area contributed by atoms with Crippen LogP contribution in [0.5, 0.6) is 5.75 Å². The van der Waals surface area contributed by atoms with Crippen molar-refractivity contribution in [2.24, 2.45) is 0 Å². The maximum Gasteiger partial charge on any atom is 0.339 e. The third kappa shape index (κ3) is 3.54. The summed E-state index contributed by atoms with van der Waals surface area (Å²) in [5, 5.41) is 21.8. The monoisotopic (exact) mass is 372 g/mol. The van der Waals surface area contributed by atoms with E-state index in [1.807, 2.05) is 0 Å². The Morgan fingerprint density at radius 3 is 2.70 bits per heavy atom. The van der Waals surface area contributed by atoms with E-state index in [4.69, 9.17) is 4.42 Å². The van der Waals surface area contributed by atoms with Crippen molar-refractivity contribution >= 4 is 22.8 Å². The molecule has 1 fully saturated rings. The molecule has 1 aromatic carbocycles. The van der Waals surface area contributed by atoms with Gasteiger partial charge in [0.05, 0.1) is 12.0 Å². The minimum Gasteiger partial charge on any atom is -0.548 e. The van der Waals surface area contributed by atoms with Crippen LogP contribution < -0.4 is 10.7 Å². The highest BCUT2D eigenvalue weighted by Gasteiger charge is 2.27. The largest absolute Gasteiger partial charge is 0.548 e. The highest BCUT2D eigenvalue weighted by molar-refractivity contribution is 5.86. The SMILES string of the molecule is Cc1c(CCC(=O)N2CCCC[C@@H]2C(=O)[O-])c(=O)oc2c(C)c(O)ccc12. The van der Waals surface area contributed by atoms with Crippen LogP contribution in [0.15, 0.2) is 21.3 Å². The predicted molar refractivity (Wildman–Crippen MR) is 96.3 cm³/mol. The van der Waals surface area contributed by atoms with Gasteiger partial charge in [-0.1, -0.05) is 0 Å². The van der Waals surface area contributed by atoms with Gasteiger partial charge in [-0.25, -0.2) is 4.79 Å². The molecule has 1 atom stereocenters. The van der Waals surface area contributed by atoms with Crippen LogP contribution in [0.4, 0.5) is 0 Å². The smallest absolute Gasteiger partial charge is 0.339 e. The lowest BCUT2D eigenvalue weighted by atomic mass is 9.98. The second-order valence-electron chi connectivity index (χ2n) is 7.00. The molecule has 1 N–H and O–H groups in total. The van der Waals surface area contributed by atoms with E-state index < -0.39 is 17.6 Å². The Balaban J connectivity index is 1.85. The van der Waals surface area contributed by atoms with Crippen molar-refractivity contribution < 1.29 is 24.2 Å². The van der Waals surface area contributed by atoms with Gasteiger partial charge < -0.3 is 24.3 Å². The van der Waals surface area contributed by atoms with Gasteiger partial charge in [0.2, 0.25) is 5.91 Å². The third-order valence-corrected chi connectivity index (χ3v) is 5.36. The number of carboxylic acid groups (broad SMARTS) is 1. The summed E-state index contributed by atoms with van der Waals surface area (Å²) in [4.78, 5) is 37.6. The number of hydrogen-bond donors (Lipinski definition) is 1. The average Bonchev–Trinajstić information content (AvgIpc) is 2.64. The predicted octanol–water partition coefficient (Wildman–Crippen LogP) is 1.18. The van der Waals surface area contributed by atoms with E-state index in [-0.39, 0.29) is 24.5 Å². The molecule has 0 unspecified atom stereocenters. The molecular weight excluding hydrogens is 350 g/mol. The van der Waals surface area contributed by atoms with Crippen molar-refractivity contribution in [2.75, 3.05) is 6.54 Å². The first-order valence-electron chi connectivity index (χ1n) is 9.06. The lowest BCUT2D eigenvalue weighted by Gasteiger charge is -2.36. The van der Waals surface area contributed by atoms with E-state index in [0.29, 0.717) is 40.6 Å². The van der Waals surface area contributed by atoms with E-state index in [0.717, 1.165) is 12.8 Å². The van der Waals surface area contributed by atoms with Crippen LogP contribution in [0.2, 0.25) is 0 Å². The summed E-state index contributed by atoms with van der Waals surface area (Å²) in [6.07, 6.45) is 2.10. The topological polar surface area (TPSA) is 111 Å². The second kappa shape index (κ2) is 7.42. The maximum absolute atomic E-state index is 12.5. The van der Waals surface area contributed by atoms with Gasteiger partial charge in [0.25, 0.3) is 0 Å². The van der Waals surface area contributed by atoms with Crippen LogP contribution in [-0.4, -0.2) is 34.5 Å². The van der Waals surface area contributed by atoms with E-state index in [1.165, 1.54) is 11.0 Å². The fraction of sp³-hybridized carbons (Fsp3) is 0.450. The van der Waals surface area contributed by atoms with Gasteiger partial charge in [0.15, 0.2) is 0 Å². The van der Waals surface area contributed by atoms with Crippen molar-refractivity contribution in [2.45, 2.75) is 52.0 Å². The van der Waals surface area contributed by atoms with E-state index in [2.05, 4.69) is 0 Å². The number of piperidine rings is 1. The summed E-state index contributed by atoms with van der Waals surface area (Å²) in [7, 11) is 0. The van der Waals surface area contributed by atoms with Crippen LogP contribution >= 0.6 is 0 Å². The van der Waals surface area contributed by atoms with Gasteiger partial charge in [-0.3, -0.25) is 4.79 Å². The maximum atomic E-state index is 12.5. The number of benzene rings is 1. The molecule has 27 heavy (non-hydrogen) atoms. The van der Waals surface area contributed by atoms with Gasteiger partial charge in [0, 0.05) is 29.5 Å². The number of fused-ring (bicyclic) bond motifs is 1. The van der Waals surface area contributed by atoms with Crippen molar-refractivity contribution in [1.82, 2.24) is 4.90 Å². The minimum atomic E-state index is -1.24. The Morgan fingerprint density at radius 2 is 2.00 bits per heavy atom. The molecule has 3 rings (SSSR count). The first-order valence-corrected chi connectivity index (χ1v) is 9.06. The molecule has 1 aliphatic rings. The Hall–Kier alpha value is -2.83. The quantitative estimate of drug-likeness (QED) is 0.807. The number of likely N-dealkylation sites (tertiary alicyclic amines) is 1. The third-order valence-electron chi connectivity index (χ3n) is 5.36. The van der Waals surface area contributed by atoms with Gasteiger partial charge >= 0.3 is 5.63 Å². The number of hydrogen-bond acceptors (Lipinski definition) is 6. The molecule has 144 valence electrons. The first-order chi connectivity index (χ1) is 12.8. The van der Waals surface area contributed by atoms with Gasteiger partial charge in [-0.15, -0.1) is 0 Å². The van der Waals surface area contributed by atoms with Gasteiger partial charge in [-0.05, 0) is 57.2 Å². The zero-order chi connectivity index (χ0) is 19.7. The standard InChI is InChI=1S/C20H23NO6/c1-11-13-6-8-16(22)12(2)18(13)27-20(26)14(11)7-9-17(23)21-10-4-3-5-15(21)19(24)25/h6,8,15,22H,3-5,7,9-10H2,1-2H3,(H,24,25)/p-1/t15-/m1/s1. The number of carbonyl (C=O) groups is 2. The molecule has 1 aliphatic heterocycles. The Morgan fingerprint density at radius 1 is 1.26 bits per heavy atom. The number of aryl methyl sites for hydroxylation is 2. The Labute approximate surface area is 156 Å². The molecule has 2 heterocycles. The highest BCUT2D eigenvalue weighted by Crippen LogP contribution is 2.29. The summed E-state index contributed by atoms with van der Waals surface area (Å²) in [6.45, 7) is 3.83. The number of rotatable bonds is 4. The van der Waals surface area contributed by atoms with Crippen molar-refractivity contribution in [1.29, 1.82) is 0 Å². The van der Waals surface area contributed by atoms with Crippen LogP contribution in [0.1, 0.15) is 42.4 Å². The van der Waals surface area contributed by atoms with Gasteiger partial charge in [-0.2, -0.15) is 0 Å². The number of aliphatic carboxylic acids is 1. The van der Waals surface area contributed by atoms with Crippen LogP contribution in [0, 0.1) is 13.8 Å². The van der Waals surface area contributed by atoms with E-state index in [1.54, 1.807) is 19.9 Å². The molecule has 7 heteroatoms. The molecule has 0 aliphatic carbocycles. The molecule has 2 aromatic rings. The van der Waals surface area contributed by atoms with E-state index in [9.17, 15) is 24.6 Å². The summed E-state index contributed by atoms with van der Waals surface area (Å²) < 4.78 is 5.38. The number of aromatic hydroxyl groups is 1. The number of nitrogens with zero attached hydrogens (tertiary/aromatic N) is 1. The summed E-state index contributed by atoms with van der Waals surface area (Å²) in [5.41, 5.74) is 1.37. The molecule has 0 spiro atoms. The van der Waals surface area contributed by atoms with E-state index >= 15 is 0 Å². The Kier molecular flexibility index (Phi) is 5.21. The molecule has 7 nitrogen and oxygen atoms in total.